The second kappa shape index (κ2) is 5.57. The van der Waals surface area contributed by atoms with Crippen LogP contribution in [-0.4, -0.2) is 11.8 Å². The molecule has 4 atom stereocenters. The van der Waals surface area contributed by atoms with Crippen molar-refractivity contribution in [2.45, 2.75) is 32.1 Å². The summed E-state index contributed by atoms with van der Waals surface area (Å²) in [5.41, 5.74) is 3.53. The van der Waals surface area contributed by atoms with Gasteiger partial charge < -0.3 is 0 Å². The van der Waals surface area contributed by atoms with Crippen molar-refractivity contribution < 1.29 is 9.59 Å². The summed E-state index contributed by atoms with van der Waals surface area (Å²) in [6, 6.07) is 7.04. The number of carbonyl (C=O) groups excluding carboxylic acids is 2. The molecule has 25 heavy (non-hydrogen) atoms. The lowest BCUT2D eigenvalue weighted by atomic mass is 9.85. The molecule has 4 aliphatic rings. The van der Waals surface area contributed by atoms with Gasteiger partial charge in [-0.2, -0.15) is 0 Å². The van der Waals surface area contributed by atoms with Gasteiger partial charge in [0.25, 0.3) is 0 Å². The molecular formula is C21H20ClNO2. The van der Waals surface area contributed by atoms with Crippen LogP contribution in [0.4, 0.5) is 5.69 Å². The number of benzene rings is 1. The number of amides is 2. The molecule has 0 unspecified atom stereocenters. The molecule has 3 fully saturated rings. The Bertz CT molecular complexity index is 798. The summed E-state index contributed by atoms with van der Waals surface area (Å²) < 4.78 is 0. The second-order valence-electron chi connectivity index (χ2n) is 7.60. The predicted molar refractivity (Wildman–Crippen MR) is 97.2 cm³/mol. The molecule has 1 aromatic rings. The minimum atomic E-state index is -0.217. The fourth-order valence-electron chi connectivity index (χ4n) is 5.37. The van der Waals surface area contributed by atoms with Gasteiger partial charge in [-0.15, -0.1) is 0 Å². The Balaban J connectivity index is 1.54. The highest BCUT2D eigenvalue weighted by Gasteiger charge is 2.62. The van der Waals surface area contributed by atoms with E-state index < -0.39 is 0 Å². The van der Waals surface area contributed by atoms with E-state index in [9.17, 15) is 9.59 Å². The average molecular weight is 354 g/mol. The van der Waals surface area contributed by atoms with Gasteiger partial charge in [0.05, 0.1) is 17.5 Å². The highest BCUT2D eigenvalue weighted by atomic mass is 35.5. The number of halogens is 1. The average Bonchev–Trinajstić information content (AvgIpc) is 3.25. The number of allylic oxidation sites excluding steroid dienone is 4. The number of hydrogen-bond acceptors (Lipinski definition) is 2. The molecule has 3 aliphatic carbocycles. The van der Waals surface area contributed by atoms with E-state index in [1.165, 1.54) is 35.3 Å². The van der Waals surface area contributed by atoms with Gasteiger partial charge in [0, 0.05) is 16.9 Å². The quantitative estimate of drug-likeness (QED) is 0.549. The van der Waals surface area contributed by atoms with Crippen molar-refractivity contribution in [3.63, 3.8) is 0 Å². The smallest absolute Gasteiger partial charge is 0.238 e. The summed E-state index contributed by atoms with van der Waals surface area (Å²) in [6.45, 7) is 0. The molecule has 0 N–H and O–H groups in total. The maximum Gasteiger partial charge on any atom is 0.238 e. The minimum Gasteiger partial charge on any atom is -0.274 e. The van der Waals surface area contributed by atoms with Crippen molar-refractivity contribution in [1.82, 2.24) is 0 Å². The van der Waals surface area contributed by atoms with Gasteiger partial charge in [-0.05, 0) is 43.9 Å². The van der Waals surface area contributed by atoms with Crippen LogP contribution in [0.15, 0.2) is 47.6 Å². The number of hydrogen-bond donors (Lipinski definition) is 0. The highest BCUT2D eigenvalue weighted by Crippen LogP contribution is 2.58. The maximum absolute atomic E-state index is 13.1. The van der Waals surface area contributed by atoms with Crippen LogP contribution in [0.25, 0.3) is 0 Å². The minimum absolute atomic E-state index is 0.0528. The Hall–Kier alpha value is -1.87. The van der Waals surface area contributed by atoms with Crippen molar-refractivity contribution in [3.05, 3.63) is 52.6 Å². The van der Waals surface area contributed by atoms with Gasteiger partial charge in [0.2, 0.25) is 11.8 Å². The third-order valence-corrected chi connectivity index (χ3v) is 6.58. The molecule has 1 aromatic carbocycles. The molecule has 5 rings (SSSR count). The zero-order valence-corrected chi connectivity index (χ0v) is 14.7. The van der Waals surface area contributed by atoms with Gasteiger partial charge in [-0.1, -0.05) is 47.4 Å². The molecule has 3 nitrogen and oxygen atoms in total. The van der Waals surface area contributed by atoms with Crippen molar-refractivity contribution in [2.75, 3.05) is 4.90 Å². The molecule has 1 saturated heterocycles. The molecule has 1 heterocycles. The molecule has 2 saturated carbocycles. The van der Waals surface area contributed by atoms with Crippen molar-refractivity contribution in [3.8, 4) is 0 Å². The lowest BCUT2D eigenvalue weighted by Gasteiger charge is -2.23. The van der Waals surface area contributed by atoms with Gasteiger partial charge in [0.15, 0.2) is 0 Å². The Morgan fingerprint density at radius 3 is 2.16 bits per heavy atom. The highest BCUT2D eigenvalue weighted by molar-refractivity contribution is 6.31. The van der Waals surface area contributed by atoms with Gasteiger partial charge in [-0.25, -0.2) is 4.90 Å². The van der Waals surface area contributed by atoms with E-state index in [-0.39, 0.29) is 35.5 Å². The summed E-state index contributed by atoms with van der Waals surface area (Å²) in [5, 5.41) is 0.543. The van der Waals surface area contributed by atoms with Gasteiger partial charge in [-0.3, -0.25) is 9.59 Å². The van der Waals surface area contributed by atoms with Crippen LogP contribution in [0.3, 0.4) is 0 Å². The first-order valence-corrected chi connectivity index (χ1v) is 9.58. The standard InChI is InChI=1S/C21H20ClNO2/c22-13-7-4-8-14(11-13)23-20(24)18-15-9-10-16(19(18)21(23)25)17(15)12-5-2-1-3-6-12/h4,7-11,15-16,18-19H,1-3,5-6H2/t15-,16+,18+,19-. The van der Waals surface area contributed by atoms with E-state index in [4.69, 9.17) is 11.6 Å². The Morgan fingerprint density at radius 1 is 0.920 bits per heavy atom. The summed E-state index contributed by atoms with van der Waals surface area (Å²) in [5.74, 6) is -0.282. The van der Waals surface area contributed by atoms with E-state index in [1.54, 1.807) is 24.3 Å². The first-order valence-electron chi connectivity index (χ1n) is 9.20. The monoisotopic (exact) mass is 353 g/mol. The van der Waals surface area contributed by atoms with E-state index in [0.717, 1.165) is 12.8 Å². The normalized spacial score (nSPS) is 33.6. The van der Waals surface area contributed by atoms with E-state index >= 15 is 0 Å². The SMILES string of the molecule is O=C1[C@@H]2[C@H](C(=O)N1c1cccc(Cl)c1)[C@H]1C=C[C@@H]2C1=C1CCCCC1. The first kappa shape index (κ1) is 15.4. The Kier molecular flexibility index (Phi) is 3.43. The number of fused-ring (bicyclic) bond motifs is 5. The van der Waals surface area contributed by atoms with E-state index in [2.05, 4.69) is 12.2 Å². The molecule has 2 amide bonds. The molecule has 128 valence electrons. The zero-order valence-electron chi connectivity index (χ0n) is 14.0. The summed E-state index contributed by atoms with van der Waals surface area (Å²) in [4.78, 5) is 27.6. The first-order chi connectivity index (χ1) is 12.2. The second-order valence-corrected chi connectivity index (χ2v) is 8.04. The maximum atomic E-state index is 13.1. The summed E-state index contributed by atoms with van der Waals surface area (Å²) in [6.07, 6.45) is 10.4. The summed E-state index contributed by atoms with van der Waals surface area (Å²) >= 11 is 6.06. The fourth-order valence-corrected chi connectivity index (χ4v) is 5.56. The van der Waals surface area contributed by atoms with Gasteiger partial charge in [0.1, 0.15) is 0 Å². The number of rotatable bonds is 1. The Morgan fingerprint density at radius 2 is 1.56 bits per heavy atom. The van der Waals surface area contributed by atoms with Crippen molar-refractivity contribution in [1.29, 1.82) is 0 Å². The van der Waals surface area contributed by atoms with Crippen LogP contribution < -0.4 is 4.90 Å². The number of nitrogens with zero attached hydrogens (tertiary/aromatic N) is 1. The summed E-state index contributed by atoms with van der Waals surface area (Å²) in [7, 11) is 0. The van der Waals surface area contributed by atoms with Crippen LogP contribution in [0.2, 0.25) is 5.02 Å². The lowest BCUT2D eigenvalue weighted by Crippen LogP contribution is -2.33. The van der Waals surface area contributed by atoms with Crippen LogP contribution in [0, 0.1) is 23.7 Å². The molecule has 4 heteroatoms. The van der Waals surface area contributed by atoms with E-state index in [1.807, 2.05) is 0 Å². The van der Waals surface area contributed by atoms with Crippen LogP contribution in [-0.2, 0) is 9.59 Å². The number of anilines is 1. The number of imide groups is 1. The van der Waals surface area contributed by atoms with Crippen molar-refractivity contribution >= 4 is 29.1 Å². The largest absolute Gasteiger partial charge is 0.274 e. The number of carbonyl (C=O) groups is 2. The van der Waals surface area contributed by atoms with Crippen LogP contribution in [0.1, 0.15) is 32.1 Å². The lowest BCUT2D eigenvalue weighted by molar-refractivity contribution is -0.122. The van der Waals surface area contributed by atoms with Crippen molar-refractivity contribution in [2.24, 2.45) is 23.7 Å². The third kappa shape index (κ3) is 2.11. The van der Waals surface area contributed by atoms with Crippen LogP contribution in [0.5, 0.6) is 0 Å². The van der Waals surface area contributed by atoms with E-state index in [0.29, 0.717) is 10.7 Å². The molecule has 0 aromatic heterocycles. The topological polar surface area (TPSA) is 37.4 Å². The van der Waals surface area contributed by atoms with Gasteiger partial charge >= 0.3 is 0 Å². The molecule has 0 radical (unpaired) electrons. The zero-order chi connectivity index (χ0) is 17.1. The Labute approximate surface area is 152 Å². The molecule has 2 bridgehead atoms. The molecular weight excluding hydrogens is 334 g/mol. The molecule has 1 aliphatic heterocycles. The molecule has 0 spiro atoms. The van der Waals surface area contributed by atoms with Crippen LogP contribution >= 0.6 is 11.6 Å². The fraction of sp³-hybridized carbons (Fsp3) is 0.429. The third-order valence-electron chi connectivity index (χ3n) is 6.35. The predicted octanol–water partition coefficient (Wildman–Crippen LogP) is 4.52.